The van der Waals surface area contributed by atoms with E-state index in [4.69, 9.17) is 33.0 Å². The van der Waals surface area contributed by atoms with E-state index < -0.39 is 18.2 Å². The minimum Gasteiger partial charge on any atom is -0.481 e. The molecule has 6 nitrogen and oxygen atoms in total. The van der Waals surface area contributed by atoms with Crippen LogP contribution in [0.25, 0.3) is 21.6 Å². The number of nitrogens with one attached hydrogen (secondary N) is 1. The number of aromatic nitrogens is 1. The number of carbonyl (C=O) groups is 2. The summed E-state index contributed by atoms with van der Waals surface area (Å²) in [6, 6.07) is 20.3. The van der Waals surface area contributed by atoms with Gasteiger partial charge in [-0.3, -0.25) is 10.1 Å². The molecule has 3 aromatic carbocycles. The third kappa shape index (κ3) is 5.87. The van der Waals surface area contributed by atoms with Gasteiger partial charge in [0, 0.05) is 15.6 Å². The van der Waals surface area contributed by atoms with Crippen molar-refractivity contribution in [3.05, 3.63) is 93.6 Å². The standard InChI is InChI=1S/C27H22Cl2N2O4S/c1-15-25(30-27(34)35-16(2)21-5-3-4-6-22(21)28)26(36-31-15)18-9-7-17(8-10-18)19-11-12-20(14-24(32)33)23(29)13-19/h3-13,16H,14H2,1-2H3,(H,30,34)(H,32,33). The number of carbonyl (C=O) groups excluding carboxylic acids is 1. The van der Waals surface area contributed by atoms with Gasteiger partial charge in [0.25, 0.3) is 0 Å². The van der Waals surface area contributed by atoms with Crippen LogP contribution in [0.3, 0.4) is 0 Å². The largest absolute Gasteiger partial charge is 0.481 e. The van der Waals surface area contributed by atoms with Crippen LogP contribution in [0.15, 0.2) is 66.7 Å². The monoisotopic (exact) mass is 540 g/mol. The molecule has 1 heterocycles. The number of nitrogens with zero attached hydrogens (tertiary/aromatic N) is 1. The van der Waals surface area contributed by atoms with Crippen LogP contribution in [0.2, 0.25) is 10.0 Å². The molecule has 9 heteroatoms. The maximum atomic E-state index is 12.7. The van der Waals surface area contributed by atoms with Crippen LogP contribution in [0, 0.1) is 6.92 Å². The van der Waals surface area contributed by atoms with E-state index in [0.717, 1.165) is 27.1 Å². The molecule has 0 aliphatic carbocycles. The average molecular weight is 541 g/mol. The zero-order valence-corrected chi connectivity index (χ0v) is 21.7. The molecule has 1 unspecified atom stereocenters. The van der Waals surface area contributed by atoms with Gasteiger partial charge < -0.3 is 9.84 Å². The number of amides is 1. The van der Waals surface area contributed by atoms with E-state index in [1.54, 1.807) is 25.1 Å². The molecule has 0 saturated carbocycles. The number of halogens is 2. The van der Waals surface area contributed by atoms with Crippen molar-refractivity contribution in [3.63, 3.8) is 0 Å². The van der Waals surface area contributed by atoms with Crippen LogP contribution >= 0.6 is 34.7 Å². The number of rotatable bonds is 7. The lowest BCUT2D eigenvalue weighted by molar-refractivity contribution is -0.136. The minimum absolute atomic E-state index is 0.127. The van der Waals surface area contributed by atoms with Crippen molar-refractivity contribution in [2.24, 2.45) is 0 Å². The van der Waals surface area contributed by atoms with Crippen molar-refractivity contribution in [3.8, 4) is 21.6 Å². The third-order valence-corrected chi connectivity index (χ3v) is 7.28. The van der Waals surface area contributed by atoms with Gasteiger partial charge in [0.2, 0.25) is 0 Å². The molecule has 36 heavy (non-hydrogen) atoms. The fourth-order valence-electron chi connectivity index (χ4n) is 3.72. The highest BCUT2D eigenvalue weighted by Crippen LogP contribution is 2.37. The molecule has 0 bridgehead atoms. The predicted molar refractivity (Wildman–Crippen MR) is 144 cm³/mol. The molecule has 1 aromatic heterocycles. The highest BCUT2D eigenvalue weighted by molar-refractivity contribution is 7.10. The summed E-state index contributed by atoms with van der Waals surface area (Å²) in [4.78, 5) is 24.4. The topological polar surface area (TPSA) is 88.5 Å². The molecule has 4 rings (SSSR count). The summed E-state index contributed by atoms with van der Waals surface area (Å²) in [5.74, 6) is -0.930. The molecule has 2 N–H and O–H groups in total. The van der Waals surface area contributed by atoms with Crippen molar-refractivity contribution in [1.82, 2.24) is 4.37 Å². The maximum absolute atomic E-state index is 12.7. The number of hydrogen-bond donors (Lipinski definition) is 2. The maximum Gasteiger partial charge on any atom is 0.412 e. The van der Waals surface area contributed by atoms with E-state index in [1.807, 2.05) is 55.5 Å². The number of carboxylic acids is 1. The van der Waals surface area contributed by atoms with Gasteiger partial charge in [0.15, 0.2) is 0 Å². The first kappa shape index (κ1) is 25.7. The molecule has 1 amide bonds. The van der Waals surface area contributed by atoms with Gasteiger partial charge in [0.1, 0.15) is 6.10 Å². The number of benzene rings is 3. The molecule has 0 saturated heterocycles. The van der Waals surface area contributed by atoms with Crippen molar-refractivity contribution >= 4 is 52.5 Å². The Hall–Kier alpha value is -3.39. The van der Waals surface area contributed by atoms with Gasteiger partial charge in [-0.25, -0.2) is 4.79 Å². The third-order valence-electron chi connectivity index (χ3n) is 5.59. The molecule has 0 aliphatic rings. The van der Waals surface area contributed by atoms with Crippen LogP contribution in [-0.2, 0) is 16.0 Å². The molecule has 1 atom stereocenters. The number of aliphatic carboxylic acids is 1. The van der Waals surface area contributed by atoms with Gasteiger partial charge in [-0.2, -0.15) is 4.37 Å². The Morgan fingerprint density at radius 2 is 1.67 bits per heavy atom. The highest BCUT2D eigenvalue weighted by atomic mass is 35.5. The first-order valence-corrected chi connectivity index (χ1v) is 12.5. The number of carboxylic acid groups (broad SMARTS) is 1. The van der Waals surface area contributed by atoms with Crippen LogP contribution in [0.4, 0.5) is 10.5 Å². The first-order chi connectivity index (χ1) is 17.2. The van der Waals surface area contributed by atoms with E-state index >= 15 is 0 Å². The van der Waals surface area contributed by atoms with E-state index in [1.165, 1.54) is 11.5 Å². The number of ether oxygens (including phenoxy) is 1. The summed E-state index contributed by atoms with van der Waals surface area (Å²) in [6.45, 7) is 3.59. The summed E-state index contributed by atoms with van der Waals surface area (Å²) in [5, 5.41) is 12.8. The van der Waals surface area contributed by atoms with Crippen molar-refractivity contribution in [1.29, 1.82) is 0 Å². The molecule has 0 spiro atoms. The quantitative estimate of drug-likeness (QED) is 0.247. The Balaban J connectivity index is 1.50. The van der Waals surface area contributed by atoms with Crippen LogP contribution in [0.1, 0.15) is 29.8 Å². The predicted octanol–water partition coefficient (Wildman–Crippen LogP) is 8.03. The van der Waals surface area contributed by atoms with E-state index in [2.05, 4.69) is 9.69 Å². The fourth-order valence-corrected chi connectivity index (χ4v) is 5.11. The fraction of sp³-hybridized carbons (Fsp3) is 0.148. The zero-order chi connectivity index (χ0) is 25.8. The lowest BCUT2D eigenvalue weighted by Gasteiger charge is -2.16. The number of aryl methyl sites for hydroxylation is 1. The Bertz CT molecular complexity index is 1420. The SMILES string of the molecule is Cc1nsc(-c2ccc(-c3ccc(CC(=O)O)c(Cl)c3)cc2)c1NC(=O)OC(C)c1ccccc1Cl. The molecule has 184 valence electrons. The summed E-state index contributed by atoms with van der Waals surface area (Å²) in [6.07, 6.45) is -1.25. The molecule has 4 aromatic rings. The molecule has 0 fully saturated rings. The second-order valence-corrected chi connectivity index (χ2v) is 9.71. The van der Waals surface area contributed by atoms with Gasteiger partial charge in [-0.15, -0.1) is 0 Å². The summed E-state index contributed by atoms with van der Waals surface area (Å²) in [7, 11) is 0. The minimum atomic E-state index is -0.930. The Kier molecular flexibility index (Phi) is 7.94. The number of hydrogen-bond acceptors (Lipinski definition) is 5. The van der Waals surface area contributed by atoms with Crippen molar-refractivity contribution in [2.75, 3.05) is 5.32 Å². The van der Waals surface area contributed by atoms with E-state index in [9.17, 15) is 9.59 Å². The van der Waals surface area contributed by atoms with Crippen molar-refractivity contribution < 1.29 is 19.4 Å². The Morgan fingerprint density at radius 1 is 1.00 bits per heavy atom. The lowest BCUT2D eigenvalue weighted by Crippen LogP contribution is -2.16. The molecular weight excluding hydrogens is 519 g/mol. The normalized spacial score (nSPS) is 11.7. The summed E-state index contributed by atoms with van der Waals surface area (Å²) in [5.41, 5.74) is 5.24. The number of anilines is 1. The average Bonchev–Trinajstić information content (AvgIpc) is 3.20. The van der Waals surface area contributed by atoms with E-state index in [0.29, 0.717) is 27.0 Å². The van der Waals surface area contributed by atoms with Gasteiger partial charge in [0.05, 0.1) is 22.7 Å². The Morgan fingerprint density at radius 3 is 2.33 bits per heavy atom. The molecule has 0 radical (unpaired) electrons. The van der Waals surface area contributed by atoms with Gasteiger partial charge in [-0.1, -0.05) is 77.8 Å². The second kappa shape index (κ2) is 11.1. The van der Waals surface area contributed by atoms with Crippen LogP contribution in [-0.4, -0.2) is 21.5 Å². The summed E-state index contributed by atoms with van der Waals surface area (Å²) < 4.78 is 9.96. The van der Waals surface area contributed by atoms with E-state index in [-0.39, 0.29) is 6.42 Å². The molecule has 0 aliphatic heterocycles. The van der Waals surface area contributed by atoms with Gasteiger partial charge in [-0.05, 0) is 59.8 Å². The summed E-state index contributed by atoms with van der Waals surface area (Å²) >= 11 is 13.8. The lowest BCUT2D eigenvalue weighted by atomic mass is 10.0. The zero-order valence-electron chi connectivity index (χ0n) is 19.4. The van der Waals surface area contributed by atoms with Crippen LogP contribution < -0.4 is 5.32 Å². The highest BCUT2D eigenvalue weighted by Gasteiger charge is 2.19. The molecular formula is C27H22Cl2N2O4S. The first-order valence-electron chi connectivity index (χ1n) is 11.0. The second-order valence-electron chi connectivity index (χ2n) is 8.12. The van der Waals surface area contributed by atoms with Crippen molar-refractivity contribution in [2.45, 2.75) is 26.4 Å². The van der Waals surface area contributed by atoms with Crippen LogP contribution in [0.5, 0.6) is 0 Å². The smallest absolute Gasteiger partial charge is 0.412 e. The Labute approximate surface area is 222 Å². The van der Waals surface area contributed by atoms with Gasteiger partial charge >= 0.3 is 12.1 Å².